The molecule has 7 nitrogen and oxygen atoms in total. The molecule has 2 rings (SSSR count). The van der Waals surface area contributed by atoms with Crippen molar-refractivity contribution in [3.8, 4) is 5.69 Å². The van der Waals surface area contributed by atoms with Crippen molar-refractivity contribution in [2.24, 2.45) is 0 Å². The van der Waals surface area contributed by atoms with Gasteiger partial charge in [0.05, 0.1) is 10.6 Å². The van der Waals surface area contributed by atoms with E-state index in [9.17, 15) is 13.0 Å². The zero-order chi connectivity index (χ0) is 11.8. The minimum Gasteiger partial charge on any atom is -0.744 e. The van der Waals surface area contributed by atoms with E-state index in [1.807, 2.05) is 0 Å². The Hall–Kier alpha value is -0.450. The van der Waals surface area contributed by atoms with Gasteiger partial charge in [0.2, 0.25) is 5.16 Å². The van der Waals surface area contributed by atoms with Gasteiger partial charge in [-0.2, -0.15) is 4.68 Å². The number of hydrogen-bond donors (Lipinski definition) is 1. The summed E-state index contributed by atoms with van der Waals surface area (Å²) in [6.45, 7) is 0. The van der Waals surface area contributed by atoms with Gasteiger partial charge < -0.3 is 4.55 Å². The molecule has 0 saturated carbocycles. The van der Waals surface area contributed by atoms with Crippen LogP contribution in [0.2, 0.25) is 0 Å². The summed E-state index contributed by atoms with van der Waals surface area (Å²) in [5, 5.41) is 10.4. The monoisotopic (exact) mass is 280 g/mol. The van der Waals surface area contributed by atoms with Crippen LogP contribution in [-0.2, 0) is 10.1 Å². The normalized spacial score (nSPS) is 10.9. The van der Waals surface area contributed by atoms with Crippen LogP contribution in [0.5, 0.6) is 0 Å². The van der Waals surface area contributed by atoms with E-state index in [-0.39, 0.29) is 40.4 Å². The molecule has 84 valence electrons. The Morgan fingerprint density at radius 3 is 2.47 bits per heavy atom. The second kappa shape index (κ2) is 5.46. The molecule has 2 aromatic rings. The van der Waals surface area contributed by atoms with E-state index in [0.717, 1.165) is 4.68 Å². The number of hydrogen-bond acceptors (Lipinski definition) is 7. The van der Waals surface area contributed by atoms with E-state index >= 15 is 0 Å². The Kier molecular flexibility index (Phi) is 4.69. The summed E-state index contributed by atoms with van der Waals surface area (Å²) < 4.78 is 34.1. The third kappa shape index (κ3) is 3.06. The Labute approximate surface area is 125 Å². The van der Waals surface area contributed by atoms with Crippen molar-refractivity contribution >= 4 is 22.7 Å². The third-order valence-electron chi connectivity index (χ3n) is 1.82. The molecule has 0 bridgehead atoms. The fraction of sp³-hybridized carbons (Fsp3) is 0. The summed E-state index contributed by atoms with van der Waals surface area (Å²) in [6, 6.07) is 5.61. The second-order valence-corrected chi connectivity index (χ2v) is 4.56. The minimum absolute atomic E-state index is 0. The molecule has 0 atom stereocenters. The first-order valence-electron chi connectivity index (χ1n) is 4.03. The summed E-state index contributed by atoms with van der Waals surface area (Å²) in [6.07, 6.45) is 0. The van der Waals surface area contributed by atoms with Crippen molar-refractivity contribution in [1.29, 1.82) is 0 Å². The molecule has 0 saturated heterocycles. The molecule has 10 heteroatoms. The van der Waals surface area contributed by atoms with E-state index in [2.05, 4.69) is 28.2 Å². The largest absolute Gasteiger partial charge is 1.00 e. The van der Waals surface area contributed by atoms with Gasteiger partial charge in [0.25, 0.3) is 0 Å². The predicted octanol–water partition coefficient (Wildman–Crippen LogP) is -3.14. The minimum atomic E-state index is -4.58. The average Bonchev–Trinajstić information content (AvgIpc) is 2.63. The summed E-state index contributed by atoms with van der Waals surface area (Å²) in [7, 11) is -4.58. The van der Waals surface area contributed by atoms with Crippen LogP contribution in [0.3, 0.4) is 0 Å². The van der Waals surface area contributed by atoms with Gasteiger partial charge in [0.15, 0.2) is 0 Å². The van der Waals surface area contributed by atoms with Gasteiger partial charge in [0.1, 0.15) is 10.1 Å². The van der Waals surface area contributed by atoms with Crippen LogP contribution in [0.15, 0.2) is 34.3 Å². The fourth-order valence-corrected chi connectivity index (χ4v) is 2.03. The van der Waals surface area contributed by atoms with Crippen LogP contribution >= 0.6 is 12.6 Å². The molecule has 0 aliphatic carbocycles. The zero-order valence-corrected chi connectivity index (χ0v) is 12.4. The number of aromatic nitrogens is 4. The Morgan fingerprint density at radius 1 is 1.29 bits per heavy atom. The zero-order valence-electron chi connectivity index (χ0n) is 8.68. The van der Waals surface area contributed by atoms with Gasteiger partial charge in [-0.15, -0.1) is 17.7 Å². The molecular weight excluding hydrogens is 275 g/mol. The summed E-state index contributed by atoms with van der Waals surface area (Å²) >= 11 is 3.93. The summed E-state index contributed by atoms with van der Waals surface area (Å²) in [5.74, 6) is 0. The molecule has 0 aliphatic heterocycles. The molecule has 17 heavy (non-hydrogen) atoms. The third-order valence-corrected chi connectivity index (χ3v) is 2.98. The number of tetrazole rings is 1. The van der Waals surface area contributed by atoms with Crippen molar-refractivity contribution in [3.63, 3.8) is 0 Å². The van der Waals surface area contributed by atoms with Crippen LogP contribution in [-0.4, -0.2) is 33.2 Å². The Balaban J connectivity index is 0.00000144. The standard InChI is InChI=1S/C7H6N4O3S2.Na/c12-16(13,14)6-4-2-1-3-5(6)11-7(15)8-9-10-11;/h1-4H,(H,8,10,15)(H,12,13,14);/q;+1/p-1. The van der Waals surface area contributed by atoms with Gasteiger partial charge in [-0.3, -0.25) is 0 Å². The van der Waals surface area contributed by atoms with E-state index in [1.165, 1.54) is 18.2 Å². The fourth-order valence-electron chi connectivity index (χ4n) is 1.18. The van der Waals surface area contributed by atoms with Crippen molar-refractivity contribution in [1.82, 2.24) is 20.2 Å². The molecule has 0 aliphatic rings. The van der Waals surface area contributed by atoms with Crippen LogP contribution in [0.4, 0.5) is 0 Å². The van der Waals surface area contributed by atoms with Crippen LogP contribution in [0.1, 0.15) is 0 Å². The van der Waals surface area contributed by atoms with E-state index < -0.39 is 15.0 Å². The van der Waals surface area contributed by atoms with E-state index in [4.69, 9.17) is 0 Å². The number of rotatable bonds is 2. The smallest absolute Gasteiger partial charge is 0.744 e. The van der Waals surface area contributed by atoms with Crippen molar-refractivity contribution in [2.75, 3.05) is 0 Å². The maximum Gasteiger partial charge on any atom is 1.00 e. The molecule has 0 N–H and O–H groups in total. The first kappa shape index (κ1) is 14.6. The van der Waals surface area contributed by atoms with Crippen molar-refractivity contribution in [3.05, 3.63) is 24.3 Å². The molecule has 1 aromatic carbocycles. The maximum atomic E-state index is 11.0. The topological polar surface area (TPSA) is 101 Å². The first-order valence-corrected chi connectivity index (χ1v) is 5.88. The van der Waals surface area contributed by atoms with Crippen LogP contribution in [0.25, 0.3) is 5.69 Å². The van der Waals surface area contributed by atoms with Crippen LogP contribution < -0.4 is 29.6 Å². The van der Waals surface area contributed by atoms with E-state index in [1.54, 1.807) is 6.07 Å². The maximum absolute atomic E-state index is 11.0. The Bertz CT molecular complexity index is 628. The van der Waals surface area contributed by atoms with Gasteiger partial charge >= 0.3 is 29.6 Å². The molecule has 0 amide bonds. The predicted molar refractivity (Wildman–Crippen MR) is 54.4 cm³/mol. The van der Waals surface area contributed by atoms with Gasteiger partial charge in [0, 0.05) is 0 Å². The Morgan fingerprint density at radius 2 is 1.94 bits per heavy atom. The number of para-hydroxylation sites is 1. The number of benzene rings is 1. The molecule has 1 aromatic heterocycles. The quantitative estimate of drug-likeness (QED) is 0.354. The van der Waals surface area contributed by atoms with Crippen LogP contribution in [0, 0.1) is 0 Å². The number of nitrogens with zero attached hydrogens (tertiary/aromatic N) is 4. The molecular formula is C7H5N4NaO3S2. The molecule has 1 heterocycles. The molecule has 0 spiro atoms. The molecule has 0 radical (unpaired) electrons. The van der Waals surface area contributed by atoms with Gasteiger partial charge in [-0.1, -0.05) is 12.1 Å². The van der Waals surface area contributed by atoms with Crippen molar-refractivity contribution < 1.29 is 42.5 Å². The van der Waals surface area contributed by atoms with Crippen molar-refractivity contribution in [2.45, 2.75) is 10.1 Å². The second-order valence-electron chi connectivity index (χ2n) is 2.81. The SMILES string of the molecule is O=S(=O)([O-])c1ccccc1-n1nnnc1S.[Na+]. The average molecular weight is 280 g/mol. The number of thiol groups is 1. The summed E-state index contributed by atoms with van der Waals surface area (Å²) in [5.41, 5.74) is 0.0764. The first-order chi connectivity index (χ1) is 7.50. The molecule has 0 unspecified atom stereocenters. The van der Waals surface area contributed by atoms with Gasteiger partial charge in [-0.05, 0) is 22.6 Å². The summed E-state index contributed by atoms with van der Waals surface area (Å²) in [4.78, 5) is -0.391. The van der Waals surface area contributed by atoms with Gasteiger partial charge in [-0.25, -0.2) is 8.42 Å². The van der Waals surface area contributed by atoms with E-state index in [0.29, 0.717) is 0 Å². The molecule has 0 fully saturated rings.